The molecular weight excluding hydrogens is 1060 g/mol. The van der Waals surface area contributed by atoms with E-state index in [1.807, 2.05) is 84.9 Å². The number of amides is 4. The van der Waals surface area contributed by atoms with Crippen molar-refractivity contribution in [2.24, 2.45) is 23.7 Å². The molecule has 4 amide bonds. The van der Waals surface area contributed by atoms with Crippen LogP contribution in [0.5, 0.6) is 0 Å². The number of hydrogen-bond donors (Lipinski definition) is 5. The molecule has 14 nitrogen and oxygen atoms in total. The molecule has 424 valence electrons. The average Bonchev–Trinajstić information content (AvgIpc) is 3.41. The summed E-state index contributed by atoms with van der Waals surface area (Å²) < 4.78 is 68.6. The predicted molar refractivity (Wildman–Crippen MR) is 317 cm³/mol. The van der Waals surface area contributed by atoms with E-state index >= 15 is 4.57 Å². The zero-order valence-electron chi connectivity index (χ0n) is 47.1. The first-order valence-electron chi connectivity index (χ1n) is 27.0. The van der Waals surface area contributed by atoms with Crippen molar-refractivity contribution in [2.75, 3.05) is 11.5 Å². The maximum atomic E-state index is 15.7. The Kier molecular flexibility index (Phi) is 20.4. The average molecular weight is 1140 g/mol. The van der Waals surface area contributed by atoms with Gasteiger partial charge in [-0.15, -0.1) is 0 Å². The highest BCUT2D eigenvalue weighted by Gasteiger charge is 2.45. The van der Waals surface area contributed by atoms with Gasteiger partial charge in [0.25, 0.3) is 0 Å². The molecule has 0 aliphatic rings. The second kappa shape index (κ2) is 25.9. The first kappa shape index (κ1) is 62.0. The Morgan fingerprint density at radius 3 is 1.09 bits per heavy atom. The summed E-state index contributed by atoms with van der Waals surface area (Å²) in [6, 6.07) is 41.2. The van der Waals surface area contributed by atoms with Crippen LogP contribution in [0.3, 0.4) is 0 Å². The Balaban J connectivity index is 1.33. The molecule has 0 bridgehead atoms. The van der Waals surface area contributed by atoms with Crippen LogP contribution >= 0.6 is 7.37 Å². The lowest BCUT2D eigenvalue weighted by atomic mass is 9.94. The minimum Gasteiger partial charge on any atom is -0.344 e. The summed E-state index contributed by atoms with van der Waals surface area (Å²) in [5, 5.41) is 14.9. The summed E-state index contributed by atoms with van der Waals surface area (Å²) in [7, 11) is -12.6. The molecule has 0 aliphatic carbocycles. The van der Waals surface area contributed by atoms with Gasteiger partial charge in [0.2, 0.25) is 31.0 Å². The van der Waals surface area contributed by atoms with Gasteiger partial charge in [0, 0.05) is 12.8 Å². The van der Waals surface area contributed by atoms with E-state index in [0.29, 0.717) is 11.1 Å². The lowest BCUT2D eigenvalue weighted by Crippen LogP contribution is -2.56. The van der Waals surface area contributed by atoms with Crippen LogP contribution in [0.1, 0.15) is 91.5 Å². The Morgan fingerprint density at radius 1 is 0.443 bits per heavy atom. The van der Waals surface area contributed by atoms with Gasteiger partial charge in [0.15, 0.2) is 19.7 Å². The third kappa shape index (κ3) is 16.0. The van der Waals surface area contributed by atoms with Crippen molar-refractivity contribution < 1.29 is 45.5 Å². The molecule has 0 spiro atoms. The predicted octanol–water partition coefficient (Wildman–Crippen LogP) is 9.36. The van der Waals surface area contributed by atoms with E-state index in [2.05, 4.69) is 21.3 Å². The SMILES string of the molecule is CC(C)[C@H](NC(=O)[C@H](Cc1cccc2ccccc12)CS(=O)(=O)C(C)(C)C)C(=O)N[C@H](Cc1ccccc1)P(=O)(O)[C@@H](Cc1ccccc1)NC(=O)[C@@H](NC(=O)[C@H](Cc1cccc2ccccc12)CS(=O)(=O)C(C)(C)C)C(C)C. The van der Waals surface area contributed by atoms with Crippen LogP contribution in [0.25, 0.3) is 21.5 Å². The molecule has 0 fully saturated rings. The highest BCUT2D eigenvalue weighted by Crippen LogP contribution is 2.51. The molecule has 0 aromatic heterocycles. The molecular formula is C62H79N4O10PS2. The van der Waals surface area contributed by atoms with Gasteiger partial charge >= 0.3 is 0 Å². The first-order valence-corrected chi connectivity index (χ1v) is 32.1. The molecule has 6 atom stereocenters. The standard InChI is InChI=1S/C62H79N4O10PS2/c1-41(2)55(65-57(67)49(39-78(73,74)61(5,6)7)37-47-31-21-29-45-27-17-19-33-51(45)47)59(69)63-53(35-43-23-13-11-14-24-43)77(71,72)54(36-44-25-15-12-16-26-44)64-60(70)56(42(3)4)66-58(68)50(40-79(75,76)62(8,9)10)38-48-32-22-30-46-28-18-20-34-52(46)48/h11-34,41-42,49-50,53-56H,35-40H2,1-10H3,(H,63,69)(H,64,70)(H,65,67)(H,66,68)(H,71,72)/t49-,50-,53+,54+,55+,56+/m1/s1. The largest absolute Gasteiger partial charge is 0.344 e. The molecule has 6 rings (SSSR count). The number of carbonyl (C=O) groups is 4. The van der Waals surface area contributed by atoms with Crippen molar-refractivity contribution in [1.29, 1.82) is 0 Å². The van der Waals surface area contributed by atoms with E-state index in [4.69, 9.17) is 0 Å². The normalized spacial score (nSPS) is 14.9. The van der Waals surface area contributed by atoms with Gasteiger partial charge in [-0.3, -0.25) is 23.7 Å². The van der Waals surface area contributed by atoms with Crippen molar-refractivity contribution in [3.8, 4) is 0 Å². The summed E-state index contributed by atoms with van der Waals surface area (Å²) in [4.78, 5) is 71.8. The summed E-state index contributed by atoms with van der Waals surface area (Å²) in [6.45, 7) is 16.2. The van der Waals surface area contributed by atoms with Crippen LogP contribution in [-0.2, 0) is 69.1 Å². The number of sulfone groups is 2. The monoisotopic (exact) mass is 1130 g/mol. The lowest BCUT2D eigenvalue weighted by Gasteiger charge is -2.34. The first-order chi connectivity index (χ1) is 37.0. The molecule has 0 saturated heterocycles. The van der Waals surface area contributed by atoms with E-state index in [9.17, 15) is 40.9 Å². The Bertz CT molecular complexity index is 3150. The molecule has 79 heavy (non-hydrogen) atoms. The molecule has 0 saturated carbocycles. The van der Waals surface area contributed by atoms with E-state index in [1.165, 1.54) is 0 Å². The Morgan fingerprint density at radius 2 is 0.759 bits per heavy atom. The summed E-state index contributed by atoms with van der Waals surface area (Å²) in [6.07, 6.45) is -0.291. The van der Waals surface area contributed by atoms with Gasteiger partial charge in [0.1, 0.15) is 23.6 Å². The maximum absolute atomic E-state index is 15.7. The minimum absolute atomic E-state index is 0.0387. The molecule has 0 unspecified atom stereocenters. The van der Waals surface area contributed by atoms with Crippen LogP contribution in [0.2, 0.25) is 0 Å². The number of rotatable bonds is 24. The summed E-state index contributed by atoms with van der Waals surface area (Å²) in [5.41, 5.74) is 2.65. The second-order valence-corrected chi connectivity index (χ2v) is 31.6. The van der Waals surface area contributed by atoms with Crippen LogP contribution in [0.15, 0.2) is 146 Å². The molecule has 17 heteroatoms. The molecule has 0 radical (unpaired) electrons. The fraction of sp³-hybridized carbons (Fsp3) is 0.419. The number of fused-ring (bicyclic) bond motifs is 2. The third-order valence-electron chi connectivity index (χ3n) is 14.7. The summed E-state index contributed by atoms with van der Waals surface area (Å²) >= 11 is 0. The van der Waals surface area contributed by atoms with Gasteiger partial charge in [-0.1, -0.05) is 173 Å². The lowest BCUT2D eigenvalue weighted by molar-refractivity contribution is -0.132. The smallest absolute Gasteiger partial charge is 0.244 e. The van der Waals surface area contributed by atoms with Crippen LogP contribution in [0.4, 0.5) is 0 Å². The van der Waals surface area contributed by atoms with E-state index < -0.39 is 119 Å². The zero-order valence-corrected chi connectivity index (χ0v) is 49.6. The fourth-order valence-electron chi connectivity index (χ4n) is 9.52. The van der Waals surface area contributed by atoms with Crippen LogP contribution < -0.4 is 21.3 Å². The van der Waals surface area contributed by atoms with Gasteiger partial charge in [0.05, 0.1) is 32.8 Å². The van der Waals surface area contributed by atoms with Gasteiger partial charge in [-0.05, 0) is 110 Å². The van der Waals surface area contributed by atoms with Gasteiger partial charge in [-0.25, -0.2) is 16.8 Å². The van der Waals surface area contributed by atoms with Crippen molar-refractivity contribution in [2.45, 2.75) is 128 Å². The fourth-order valence-corrected chi connectivity index (χ4v) is 14.1. The number of nitrogens with one attached hydrogen (secondary N) is 4. The van der Waals surface area contributed by atoms with Crippen molar-refractivity contribution in [3.63, 3.8) is 0 Å². The van der Waals surface area contributed by atoms with E-state index in [1.54, 1.807) is 130 Å². The minimum atomic E-state index is -4.88. The topological polar surface area (TPSA) is 222 Å². The third-order valence-corrected chi connectivity index (χ3v) is 22.5. The number of carbonyl (C=O) groups excluding carboxylic acids is 4. The zero-order chi connectivity index (χ0) is 58.1. The Hall–Kier alpha value is -6.19. The van der Waals surface area contributed by atoms with Crippen LogP contribution in [-0.4, -0.2) is 90.0 Å². The summed E-state index contributed by atoms with van der Waals surface area (Å²) in [5.74, 6) is -10.6. The van der Waals surface area contributed by atoms with Crippen LogP contribution in [0, 0.1) is 23.7 Å². The van der Waals surface area contributed by atoms with Crippen molar-refractivity contribution in [3.05, 3.63) is 168 Å². The van der Waals surface area contributed by atoms with E-state index in [0.717, 1.165) is 32.7 Å². The number of benzene rings is 6. The van der Waals surface area contributed by atoms with E-state index in [-0.39, 0.29) is 25.7 Å². The van der Waals surface area contributed by atoms with Crippen molar-refractivity contribution >= 4 is 72.2 Å². The molecule has 0 heterocycles. The molecule has 6 aromatic carbocycles. The number of hydrogen-bond acceptors (Lipinski definition) is 9. The Labute approximate surface area is 467 Å². The van der Waals surface area contributed by atoms with Gasteiger partial charge < -0.3 is 26.2 Å². The van der Waals surface area contributed by atoms with Gasteiger partial charge in [-0.2, -0.15) is 0 Å². The molecule has 5 N–H and O–H groups in total. The van der Waals surface area contributed by atoms with Crippen molar-refractivity contribution in [1.82, 2.24) is 21.3 Å². The highest BCUT2D eigenvalue weighted by molar-refractivity contribution is 7.93. The maximum Gasteiger partial charge on any atom is 0.244 e. The highest BCUT2D eigenvalue weighted by atomic mass is 32.2. The quantitative estimate of drug-likeness (QED) is 0.0361. The second-order valence-electron chi connectivity index (χ2n) is 23.4. The molecule has 0 aliphatic heterocycles. The molecule has 6 aromatic rings.